The van der Waals surface area contributed by atoms with Gasteiger partial charge < -0.3 is 5.32 Å². The highest BCUT2D eigenvalue weighted by molar-refractivity contribution is 5.35. The van der Waals surface area contributed by atoms with E-state index in [1.165, 1.54) is 37.7 Å². The van der Waals surface area contributed by atoms with E-state index in [1.807, 2.05) is 0 Å². The van der Waals surface area contributed by atoms with E-state index < -0.39 is 0 Å². The minimum absolute atomic E-state index is 0.365. The smallest absolute Gasteiger partial charge is 0.0322 e. The molecule has 1 atom stereocenters. The summed E-state index contributed by atoms with van der Waals surface area (Å²) in [5.74, 6) is 0. The van der Waals surface area contributed by atoms with Gasteiger partial charge in [-0.15, -0.1) is 0 Å². The summed E-state index contributed by atoms with van der Waals surface area (Å²) in [6.45, 7) is 6.95. The molecule has 1 aliphatic rings. The first-order valence-electron chi connectivity index (χ1n) is 7.28. The second kappa shape index (κ2) is 5.44. The third-order valence-corrected chi connectivity index (χ3v) is 3.94. The summed E-state index contributed by atoms with van der Waals surface area (Å²) in [4.78, 5) is 0. The second-order valence-electron chi connectivity index (χ2n) is 6.84. The largest absolute Gasteiger partial charge is 0.313 e. The molecule has 100 valence electrons. The van der Waals surface area contributed by atoms with Gasteiger partial charge in [0.05, 0.1) is 0 Å². The Bertz CT molecular complexity index is 401. The van der Waals surface area contributed by atoms with Gasteiger partial charge in [-0.1, -0.05) is 39.0 Å². The van der Waals surface area contributed by atoms with Crippen LogP contribution in [0.4, 0.5) is 0 Å². The van der Waals surface area contributed by atoms with Gasteiger partial charge in [0.25, 0.3) is 0 Å². The zero-order chi connectivity index (χ0) is 13.2. The Hall–Kier alpha value is -0.820. The van der Waals surface area contributed by atoms with Crippen molar-refractivity contribution < 1.29 is 0 Å². The lowest BCUT2D eigenvalue weighted by atomic mass is 9.83. The topological polar surface area (TPSA) is 12.0 Å². The van der Waals surface area contributed by atoms with Gasteiger partial charge in [0.2, 0.25) is 0 Å². The van der Waals surface area contributed by atoms with E-state index in [2.05, 4.69) is 51.3 Å². The summed E-state index contributed by atoms with van der Waals surface area (Å²) >= 11 is 0. The summed E-state index contributed by atoms with van der Waals surface area (Å²) in [6, 6.07) is 7.62. The maximum absolute atomic E-state index is 3.48. The Morgan fingerprint density at radius 2 is 1.78 bits per heavy atom. The van der Waals surface area contributed by atoms with E-state index in [0.29, 0.717) is 11.5 Å². The van der Waals surface area contributed by atoms with Crippen LogP contribution in [0.15, 0.2) is 18.2 Å². The Kier molecular flexibility index (Phi) is 4.11. The SMILES string of the molecule is CNC(CC(C)(C)C)c1ccc2c(c1)CCCC2. The number of rotatable bonds is 3. The van der Waals surface area contributed by atoms with Crippen LogP contribution < -0.4 is 5.32 Å². The Balaban J connectivity index is 2.21. The van der Waals surface area contributed by atoms with Gasteiger partial charge in [-0.3, -0.25) is 0 Å². The maximum atomic E-state index is 3.48. The van der Waals surface area contributed by atoms with Crippen LogP contribution in [0.5, 0.6) is 0 Å². The molecule has 0 radical (unpaired) electrons. The minimum atomic E-state index is 0.365. The Morgan fingerprint density at radius 3 is 2.39 bits per heavy atom. The molecule has 1 N–H and O–H groups in total. The molecule has 0 bridgehead atoms. The summed E-state index contributed by atoms with van der Waals surface area (Å²) in [6.07, 6.45) is 6.46. The van der Waals surface area contributed by atoms with Crippen LogP contribution in [0.25, 0.3) is 0 Å². The summed E-state index contributed by atoms with van der Waals surface area (Å²) in [5, 5.41) is 3.48. The van der Waals surface area contributed by atoms with Crippen molar-refractivity contribution in [3.8, 4) is 0 Å². The third kappa shape index (κ3) is 3.35. The van der Waals surface area contributed by atoms with Crippen LogP contribution in [0, 0.1) is 5.41 Å². The summed E-state index contributed by atoms with van der Waals surface area (Å²) in [5.41, 5.74) is 5.00. The molecule has 0 spiro atoms. The molecule has 0 saturated heterocycles. The zero-order valence-corrected chi connectivity index (χ0v) is 12.3. The summed E-state index contributed by atoms with van der Waals surface area (Å²) < 4.78 is 0. The standard InChI is InChI=1S/C17H27N/c1-17(2,3)12-16(18-4)15-10-9-13-7-5-6-8-14(13)11-15/h9-11,16,18H,5-8,12H2,1-4H3. The lowest BCUT2D eigenvalue weighted by Crippen LogP contribution is -2.23. The molecule has 0 saturated carbocycles. The van der Waals surface area contributed by atoms with E-state index in [9.17, 15) is 0 Å². The first-order chi connectivity index (χ1) is 8.49. The highest BCUT2D eigenvalue weighted by atomic mass is 14.9. The van der Waals surface area contributed by atoms with Gasteiger partial charge in [0, 0.05) is 6.04 Å². The number of benzene rings is 1. The predicted octanol–water partition coefficient (Wildman–Crippen LogP) is 4.26. The third-order valence-electron chi connectivity index (χ3n) is 3.94. The van der Waals surface area contributed by atoms with Gasteiger partial charge in [0.1, 0.15) is 0 Å². The maximum Gasteiger partial charge on any atom is 0.0322 e. The number of aryl methyl sites for hydroxylation is 2. The number of hydrogen-bond donors (Lipinski definition) is 1. The average molecular weight is 245 g/mol. The molecule has 1 aromatic carbocycles. The monoisotopic (exact) mass is 245 g/mol. The first kappa shape index (κ1) is 13.6. The highest BCUT2D eigenvalue weighted by Gasteiger charge is 2.20. The predicted molar refractivity (Wildman–Crippen MR) is 79.0 cm³/mol. The molecule has 1 aliphatic carbocycles. The van der Waals surface area contributed by atoms with E-state index in [0.717, 1.165) is 0 Å². The van der Waals surface area contributed by atoms with Gasteiger partial charge in [0.15, 0.2) is 0 Å². The number of fused-ring (bicyclic) bond motifs is 1. The van der Waals surface area contributed by atoms with Crippen molar-refractivity contribution in [1.82, 2.24) is 5.32 Å². The molecule has 0 heterocycles. The fourth-order valence-electron chi connectivity index (χ4n) is 2.97. The molecule has 2 rings (SSSR count). The molecule has 1 heteroatoms. The van der Waals surface area contributed by atoms with Crippen LogP contribution in [0.1, 0.15) is 62.8 Å². The van der Waals surface area contributed by atoms with Gasteiger partial charge in [-0.25, -0.2) is 0 Å². The van der Waals surface area contributed by atoms with E-state index >= 15 is 0 Å². The Morgan fingerprint density at radius 1 is 1.11 bits per heavy atom. The molecule has 0 aromatic heterocycles. The second-order valence-corrected chi connectivity index (χ2v) is 6.84. The van der Waals surface area contributed by atoms with Crippen molar-refractivity contribution in [2.45, 2.75) is 58.9 Å². The zero-order valence-electron chi connectivity index (χ0n) is 12.3. The van der Waals surface area contributed by atoms with E-state index in [-0.39, 0.29) is 0 Å². The molecule has 1 nitrogen and oxygen atoms in total. The van der Waals surface area contributed by atoms with Crippen LogP contribution in [0.3, 0.4) is 0 Å². The molecular formula is C17H27N. The fraction of sp³-hybridized carbons (Fsp3) is 0.647. The molecule has 18 heavy (non-hydrogen) atoms. The number of nitrogens with one attached hydrogen (secondary N) is 1. The molecular weight excluding hydrogens is 218 g/mol. The molecule has 1 aromatic rings. The van der Waals surface area contributed by atoms with Crippen molar-refractivity contribution in [2.24, 2.45) is 5.41 Å². The molecule has 0 fully saturated rings. The molecule has 0 aliphatic heterocycles. The average Bonchev–Trinajstić information content (AvgIpc) is 2.34. The van der Waals surface area contributed by atoms with Crippen molar-refractivity contribution >= 4 is 0 Å². The quantitative estimate of drug-likeness (QED) is 0.839. The van der Waals surface area contributed by atoms with Crippen molar-refractivity contribution in [2.75, 3.05) is 7.05 Å². The number of hydrogen-bond acceptors (Lipinski definition) is 1. The lowest BCUT2D eigenvalue weighted by molar-refractivity contribution is 0.320. The van der Waals surface area contributed by atoms with Crippen molar-refractivity contribution in [1.29, 1.82) is 0 Å². The minimum Gasteiger partial charge on any atom is -0.313 e. The van der Waals surface area contributed by atoms with Gasteiger partial charge in [-0.05, 0) is 61.3 Å². The van der Waals surface area contributed by atoms with Crippen LogP contribution in [0.2, 0.25) is 0 Å². The highest BCUT2D eigenvalue weighted by Crippen LogP contribution is 2.31. The summed E-state index contributed by atoms with van der Waals surface area (Å²) in [7, 11) is 2.08. The van der Waals surface area contributed by atoms with Crippen LogP contribution in [-0.2, 0) is 12.8 Å². The van der Waals surface area contributed by atoms with Crippen LogP contribution in [-0.4, -0.2) is 7.05 Å². The van der Waals surface area contributed by atoms with Crippen molar-refractivity contribution in [3.05, 3.63) is 34.9 Å². The molecule has 1 unspecified atom stereocenters. The van der Waals surface area contributed by atoms with E-state index in [4.69, 9.17) is 0 Å². The van der Waals surface area contributed by atoms with Crippen molar-refractivity contribution in [3.63, 3.8) is 0 Å². The lowest BCUT2D eigenvalue weighted by Gasteiger charge is -2.27. The normalized spacial score (nSPS) is 17.3. The Labute approximate surface area is 112 Å². The fourth-order valence-corrected chi connectivity index (χ4v) is 2.97. The molecule has 0 amide bonds. The first-order valence-corrected chi connectivity index (χ1v) is 7.28. The van der Waals surface area contributed by atoms with Gasteiger partial charge in [-0.2, -0.15) is 0 Å². The van der Waals surface area contributed by atoms with E-state index in [1.54, 1.807) is 11.1 Å². The van der Waals surface area contributed by atoms with Gasteiger partial charge >= 0.3 is 0 Å². The van der Waals surface area contributed by atoms with Crippen LogP contribution >= 0.6 is 0 Å².